The summed E-state index contributed by atoms with van der Waals surface area (Å²) in [5.74, 6) is -0.409. The molecule has 26 heavy (non-hydrogen) atoms. The molecular formula is C18H12N4O2S2. The molecule has 4 rings (SSSR count). The van der Waals surface area contributed by atoms with E-state index in [0.29, 0.717) is 15.2 Å². The van der Waals surface area contributed by atoms with Gasteiger partial charge in [-0.2, -0.15) is 5.26 Å². The number of allylic oxidation sites excluding steroid dienone is 1. The van der Waals surface area contributed by atoms with E-state index in [9.17, 15) is 14.9 Å². The zero-order valence-electron chi connectivity index (χ0n) is 13.7. The van der Waals surface area contributed by atoms with E-state index < -0.39 is 5.78 Å². The molecule has 0 bridgehead atoms. The smallest absolute Gasteiger partial charge is 0.262 e. The van der Waals surface area contributed by atoms with Crippen LogP contribution in [-0.2, 0) is 11.3 Å². The molecule has 0 spiro atoms. The van der Waals surface area contributed by atoms with Crippen LogP contribution in [0.5, 0.6) is 0 Å². The number of nitrogens with zero attached hydrogens (tertiary/aromatic N) is 4. The van der Waals surface area contributed by atoms with Gasteiger partial charge in [-0.05, 0) is 23.6 Å². The summed E-state index contributed by atoms with van der Waals surface area (Å²) in [5.41, 5.74) is 0.722. The van der Waals surface area contributed by atoms with Gasteiger partial charge in [-0.1, -0.05) is 23.9 Å². The molecular weight excluding hydrogens is 368 g/mol. The molecule has 0 fully saturated rings. The Labute approximate surface area is 157 Å². The summed E-state index contributed by atoms with van der Waals surface area (Å²) in [7, 11) is 1.82. The molecule has 0 atom stereocenters. The number of Topliss-reactive ketones (excluding diaryl/α,β-unsaturated/α-hetero) is 1. The fraction of sp³-hybridized carbons (Fsp3) is 0.111. The summed E-state index contributed by atoms with van der Waals surface area (Å²) in [6.07, 6.45) is 1.36. The van der Waals surface area contributed by atoms with Gasteiger partial charge in [0.05, 0.1) is 23.9 Å². The van der Waals surface area contributed by atoms with Crippen LogP contribution in [0.25, 0.3) is 10.2 Å². The molecule has 0 amide bonds. The molecule has 0 aliphatic carbocycles. The van der Waals surface area contributed by atoms with Crippen LogP contribution in [-0.4, -0.2) is 22.4 Å². The van der Waals surface area contributed by atoms with Crippen LogP contribution < -0.4 is 10.5 Å². The third kappa shape index (κ3) is 2.62. The number of aromatic nitrogens is 2. The summed E-state index contributed by atoms with van der Waals surface area (Å²) in [5, 5.41) is 12.4. The zero-order chi connectivity index (χ0) is 18.3. The maximum atomic E-state index is 12.7. The molecule has 3 aromatic rings. The summed E-state index contributed by atoms with van der Waals surface area (Å²) in [6, 6.07) is 11.4. The number of ketones is 1. The second-order valence-electron chi connectivity index (χ2n) is 5.66. The van der Waals surface area contributed by atoms with Crippen molar-refractivity contribution in [3.8, 4) is 6.07 Å². The maximum absolute atomic E-state index is 12.7. The largest absolute Gasteiger partial charge is 0.337 e. The number of hydrogen-bond acceptors (Lipinski definition) is 7. The number of carbonyl (C=O) groups is 1. The third-order valence-corrected chi connectivity index (χ3v) is 6.16. The van der Waals surface area contributed by atoms with Crippen molar-refractivity contribution < 1.29 is 4.79 Å². The van der Waals surface area contributed by atoms with Crippen molar-refractivity contribution >= 4 is 44.8 Å². The lowest BCUT2D eigenvalue weighted by Crippen LogP contribution is -2.26. The van der Waals surface area contributed by atoms with Crippen molar-refractivity contribution in [2.24, 2.45) is 0 Å². The number of thioether (sulfide) groups is 1. The van der Waals surface area contributed by atoms with Gasteiger partial charge in [0.2, 0.25) is 0 Å². The highest BCUT2D eigenvalue weighted by Gasteiger charge is 2.28. The Balaban J connectivity index is 1.69. The molecule has 0 saturated carbocycles. The summed E-state index contributed by atoms with van der Waals surface area (Å²) >= 11 is 2.76. The third-order valence-electron chi connectivity index (χ3n) is 4.11. The fourth-order valence-electron chi connectivity index (χ4n) is 2.79. The van der Waals surface area contributed by atoms with E-state index in [1.165, 1.54) is 34.0 Å². The monoisotopic (exact) mass is 380 g/mol. The standard InChI is InChI=1S/C18H12N4O2S2/c1-21-13-4-2-3-5-15(13)26-18(21)12(8-19)14(23)9-22-10-20-16-11(17(22)24)6-7-25-16/h2-7,10H,9H2,1H3/b18-12-. The Hall–Kier alpha value is -2.89. The highest BCUT2D eigenvalue weighted by Crippen LogP contribution is 2.46. The first-order valence-electron chi connectivity index (χ1n) is 7.71. The summed E-state index contributed by atoms with van der Waals surface area (Å²) < 4.78 is 1.25. The lowest BCUT2D eigenvalue weighted by Gasteiger charge is -2.15. The average molecular weight is 380 g/mol. The van der Waals surface area contributed by atoms with Crippen LogP contribution in [0.15, 0.2) is 62.3 Å². The van der Waals surface area contributed by atoms with E-state index in [4.69, 9.17) is 0 Å². The SMILES string of the molecule is CN1/C(=C(\C#N)C(=O)Cn2cnc3sccc3c2=O)Sc2ccccc21. The molecule has 6 nitrogen and oxygen atoms in total. The first kappa shape index (κ1) is 16.6. The minimum Gasteiger partial charge on any atom is -0.337 e. The van der Waals surface area contributed by atoms with Crippen LogP contribution >= 0.6 is 23.1 Å². The predicted molar refractivity (Wildman–Crippen MR) is 102 cm³/mol. The van der Waals surface area contributed by atoms with Crippen molar-refractivity contribution in [2.75, 3.05) is 11.9 Å². The highest BCUT2D eigenvalue weighted by molar-refractivity contribution is 8.03. The van der Waals surface area contributed by atoms with Crippen molar-refractivity contribution in [2.45, 2.75) is 11.4 Å². The van der Waals surface area contributed by atoms with Gasteiger partial charge >= 0.3 is 0 Å². The van der Waals surface area contributed by atoms with Crippen molar-refractivity contribution in [1.29, 1.82) is 5.26 Å². The molecule has 2 aromatic heterocycles. The molecule has 1 aromatic carbocycles. The molecule has 3 heterocycles. The molecule has 0 unspecified atom stereocenters. The molecule has 0 N–H and O–H groups in total. The number of fused-ring (bicyclic) bond motifs is 2. The fourth-order valence-corrected chi connectivity index (χ4v) is 4.68. The Kier molecular flexibility index (Phi) is 4.11. The van der Waals surface area contributed by atoms with Crippen LogP contribution in [0.4, 0.5) is 5.69 Å². The zero-order valence-corrected chi connectivity index (χ0v) is 15.3. The highest BCUT2D eigenvalue weighted by atomic mass is 32.2. The lowest BCUT2D eigenvalue weighted by atomic mass is 10.2. The number of benzene rings is 1. The minimum absolute atomic E-state index is 0.0472. The quantitative estimate of drug-likeness (QED) is 0.513. The molecule has 0 saturated heterocycles. The minimum atomic E-state index is -0.409. The van der Waals surface area contributed by atoms with Gasteiger partial charge in [0, 0.05) is 11.9 Å². The van der Waals surface area contributed by atoms with Crippen LogP contribution in [0.3, 0.4) is 0 Å². The van der Waals surface area contributed by atoms with Gasteiger partial charge in [-0.15, -0.1) is 11.3 Å². The van der Waals surface area contributed by atoms with Crippen molar-refractivity contribution in [3.63, 3.8) is 0 Å². The number of para-hydroxylation sites is 1. The van der Waals surface area contributed by atoms with E-state index in [-0.39, 0.29) is 17.7 Å². The van der Waals surface area contributed by atoms with Crippen LogP contribution in [0.2, 0.25) is 0 Å². The molecule has 128 valence electrons. The molecule has 0 radical (unpaired) electrons. The molecule has 8 heteroatoms. The van der Waals surface area contributed by atoms with Crippen LogP contribution in [0.1, 0.15) is 0 Å². The number of carbonyl (C=O) groups excluding carboxylic acids is 1. The predicted octanol–water partition coefficient (Wildman–Crippen LogP) is 3.00. The molecule has 1 aliphatic rings. The summed E-state index contributed by atoms with van der Waals surface area (Å²) in [4.78, 5) is 32.9. The van der Waals surface area contributed by atoms with Crippen LogP contribution in [0, 0.1) is 11.3 Å². The number of rotatable bonds is 3. The average Bonchev–Trinajstić information content (AvgIpc) is 3.24. The Morgan fingerprint density at radius 2 is 2.12 bits per heavy atom. The van der Waals surface area contributed by atoms with Gasteiger partial charge < -0.3 is 4.90 Å². The Bertz CT molecular complexity index is 1170. The van der Waals surface area contributed by atoms with Gasteiger partial charge in [-0.25, -0.2) is 4.98 Å². The second kappa shape index (κ2) is 6.44. The first-order valence-corrected chi connectivity index (χ1v) is 9.40. The van der Waals surface area contributed by atoms with Gasteiger partial charge in [-0.3, -0.25) is 14.2 Å². The number of hydrogen-bond donors (Lipinski definition) is 0. The van der Waals surface area contributed by atoms with Gasteiger partial charge in [0.25, 0.3) is 5.56 Å². The van der Waals surface area contributed by atoms with E-state index in [1.807, 2.05) is 42.3 Å². The molecule has 1 aliphatic heterocycles. The van der Waals surface area contributed by atoms with Crippen molar-refractivity contribution in [1.82, 2.24) is 9.55 Å². The van der Waals surface area contributed by atoms with E-state index in [1.54, 1.807) is 11.4 Å². The van der Waals surface area contributed by atoms with E-state index >= 15 is 0 Å². The first-order chi connectivity index (χ1) is 12.6. The van der Waals surface area contributed by atoms with Crippen molar-refractivity contribution in [3.05, 3.63) is 63.0 Å². The Morgan fingerprint density at radius 1 is 1.31 bits per heavy atom. The Morgan fingerprint density at radius 3 is 2.88 bits per heavy atom. The van der Waals surface area contributed by atoms with E-state index in [2.05, 4.69) is 4.98 Å². The number of thiophene rings is 1. The van der Waals surface area contributed by atoms with Gasteiger partial charge in [0.15, 0.2) is 5.78 Å². The van der Waals surface area contributed by atoms with E-state index in [0.717, 1.165) is 10.6 Å². The maximum Gasteiger partial charge on any atom is 0.262 e. The number of nitriles is 1. The normalized spacial score (nSPS) is 15.0. The number of anilines is 1. The summed E-state index contributed by atoms with van der Waals surface area (Å²) in [6.45, 7) is -0.214. The lowest BCUT2D eigenvalue weighted by molar-refractivity contribution is -0.115. The topological polar surface area (TPSA) is 79.0 Å². The second-order valence-corrected chi connectivity index (χ2v) is 7.59. The van der Waals surface area contributed by atoms with Gasteiger partial charge in [0.1, 0.15) is 21.5 Å².